The number of carbonyl (C=O) groups excluding carboxylic acids is 2. The van der Waals surface area contributed by atoms with Gasteiger partial charge in [-0.05, 0) is 30.3 Å². The molecule has 1 aliphatic rings. The summed E-state index contributed by atoms with van der Waals surface area (Å²) in [6, 6.07) is 9.21. The van der Waals surface area contributed by atoms with E-state index in [1.165, 1.54) is 0 Å². The first kappa shape index (κ1) is 17.3. The molecular formula is C20H22N4O3. The van der Waals surface area contributed by atoms with Crippen LogP contribution in [0.2, 0.25) is 0 Å². The van der Waals surface area contributed by atoms with E-state index in [0.717, 1.165) is 22.6 Å². The van der Waals surface area contributed by atoms with Crippen LogP contribution >= 0.6 is 0 Å². The number of nitrogens with one attached hydrogen (secondary N) is 2. The molecule has 7 nitrogen and oxygen atoms in total. The van der Waals surface area contributed by atoms with Crippen LogP contribution < -0.4 is 5.32 Å². The van der Waals surface area contributed by atoms with Gasteiger partial charge in [0.05, 0.1) is 29.8 Å². The summed E-state index contributed by atoms with van der Waals surface area (Å²) in [6.07, 6.45) is 1.80. The second kappa shape index (κ2) is 6.90. The van der Waals surface area contributed by atoms with Crippen LogP contribution in [0.5, 0.6) is 0 Å². The molecule has 2 amide bonds. The van der Waals surface area contributed by atoms with Crippen molar-refractivity contribution in [3.05, 3.63) is 48.2 Å². The number of aromatic amines is 1. The van der Waals surface area contributed by atoms with E-state index in [-0.39, 0.29) is 24.2 Å². The minimum atomic E-state index is -0.365. The van der Waals surface area contributed by atoms with Crippen molar-refractivity contribution in [2.45, 2.75) is 32.7 Å². The predicted molar refractivity (Wildman–Crippen MR) is 101 cm³/mol. The van der Waals surface area contributed by atoms with Crippen LogP contribution in [0, 0.1) is 5.92 Å². The summed E-state index contributed by atoms with van der Waals surface area (Å²) in [6.45, 7) is 4.95. The van der Waals surface area contributed by atoms with Crippen LogP contribution in [0.25, 0.3) is 11.0 Å². The Bertz CT molecular complexity index is 974. The number of amides is 2. The number of imidazole rings is 1. The van der Waals surface area contributed by atoms with Gasteiger partial charge in [-0.2, -0.15) is 0 Å². The summed E-state index contributed by atoms with van der Waals surface area (Å²) in [5.74, 6) is 1.40. The number of hydrogen-bond acceptors (Lipinski definition) is 4. The van der Waals surface area contributed by atoms with Gasteiger partial charge in [-0.3, -0.25) is 9.59 Å². The Morgan fingerprint density at radius 3 is 3.00 bits per heavy atom. The summed E-state index contributed by atoms with van der Waals surface area (Å²) >= 11 is 0. The zero-order valence-corrected chi connectivity index (χ0v) is 15.4. The molecule has 0 spiro atoms. The fraction of sp³-hybridized carbons (Fsp3) is 0.350. The summed E-state index contributed by atoms with van der Waals surface area (Å²) in [5.41, 5.74) is 2.46. The van der Waals surface area contributed by atoms with Gasteiger partial charge in [-0.15, -0.1) is 0 Å². The first-order chi connectivity index (χ1) is 13.0. The molecule has 0 bridgehead atoms. The smallest absolute Gasteiger partial charge is 0.229 e. The Morgan fingerprint density at radius 1 is 1.41 bits per heavy atom. The number of hydrogen-bond donors (Lipinski definition) is 2. The van der Waals surface area contributed by atoms with Crippen molar-refractivity contribution in [1.29, 1.82) is 0 Å². The molecule has 27 heavy (non-hydrogen) atoms. The first-order valence-corrected chi connectivity index (χ1v) is 9.10. The summed E-state index contributed by atoms with van der Waals surface area (Å²) in [4.78, 5) is 34.3. The average molecular weight is 366 g/mol. The number of H-pyrrole nitrogens is 1. The van der Waals surface area contributed by atoms with Gasteiger partial charge in [0.25, 0.3) is 0 Å². The van der Waals surface area contributed by atoms with Crippen LogP contribution in [-0.2, 0) is 16.1 Å². The molecule has 0 unspecified atom stereocenters. The second-order valence-corrected chi connectivity index (χ2v) is 7.25. The topological polar surface area (TPSA) is 91.2 Å². The third-order valence-electron chi connectivity index (χ3n) is 4.83. The lowest BCUT2D eigenvalue weighted by atomic mass is 10.1. The van der Waals surface area contributed by atoms with Crippen LogP contribution in [0.15, 0.2) is 41.0 Å². The van der Waals surface area contributed by atoms with E-state index in [1.54, 1.807) is 17.2 Å². The van der Waals surface area contributed by atoms with Gasteiger partial charge in [0.2, 0.25) is 11.8 Å². The molecule has 1 aromatic carbocycles. The van der Waals surface area contributed by atoms with Crippen molar-refractivity contribution in [2.75, 3.05) is 11.9 Å². The SMILES string of the molecule is CC(C)c1nc2ccc(NC(=O)[C@@H]3CC(=O)N(Cc4ccco4)C3)cc2[nH]1. The molecule has 2 aromatic heterocycles. The number of furan rings is 1. The maximum Gasteiger partial charge on any atom is 0.229 e. The normalized spacial score (nSPS) is 17.2. The van der Waals surface area contributed by atoms with Crippen LogP contribution in [0.3, 0.4) is 0 Å². The maximum absolute atomic E-state index is 12.6. The number of likely N-dealkylation sites (tertiary alicyclic amines) is 1. The molecule has 2 N–H and O–H groups in total. The van der Waals surface area contributed by atoms with E-state index in [1.807, 2.05) is 24.3 Å². The van der Waals surface area contributed by atoms with E-state index >= 15 is 0 Å². The number of anilines is 1. The van der Waals surface area contributed by atoms with Gasteiger partial charge >= 0.3 is 0 Å². The van der Waals surface area contributed by atoms with Gasteiger partial charge in [0.1, 0.15) is 11.6 Å². The number of fused-ring (bicyclic) bond motifs is 1. The van der Waals surface area contributed by atoms with Crippen molar-refractivity contribution in [2.24, 2.45) is 5.92 Å². The molecule has 0 radical (unpaired) electrons. The molecule has 3 aromatic rings. The maximum atomic E-state index is 12.6. The molecule has 0 saturated carbocycles. The van der Waals surface area contributed by atoms with Crippen LogP contribution in [-0.4, -0.2) is 33.2 Å². The van der Waals surface area contributed by atoms with Gasteiger partial charge in [-0.1, -0.05) is 13.8 Å². The third kappa shape index (κ3) is 3.58. The number of benzene rings is 1. The molecule has 4 rings (SSSR count). The molecule has 7 heteroatoms. The van der Waals surface area contributed by atoms with Crippen LogP contribution in [0.1, 0.15) is 37.8 Å². The van der Waals surface area contributed by atoms with E-state index in [9.17, 15) is 9.59 Å². The number of carbonyl (C=O) groups is 2. The number of nitrogens with zero attached hydrogens (tertiary/aromatic N) is 2. The third-order valence-corrected chi connectivity index (χ3v) is 4.83. The van der Waals surface area contributed by atoms with E-state index in [4.69, 9.17) is 4.42 Å². The monoisotopic (exact) mass is 366 g/mol. The molecule has 1 fully saturated rings. The highest BCUT2D eigenvalue weighted by atomic mass is 16.3. The Labute approximate surface area is 156 Å². The standard InChI is InChI=1S/C20H22N4O3/c1-12(2)19-22-16-6-5-14(9-17(16)23-19)21-20(26)13-8-18(25)24(10-13)11-15-4-3-7-27-15/h3-7,9,12-13H,8,10-11H2,1-2H3,(H,21,26)(H,22,23)/t13-/m1/s1. The molecule has 0 aliphatic carbocycles. The van der Waals surface area contributed by atoms with E-state index in [2.05, 4.69) is 29.1 Å². The summed E-state index contributed by atoms with van der Waals surface area (Å²) < 4.78 is 5.29. The zero-order valence-electron chi connectivity index (χ0n) is 15.4. The van der Waals surface area contributed by atoms with Crippen molar-refractivity contribution >= 4 is 28.5 Å². The quantitative estimate of drug-likeness (QED) is 0.725. The molecule has 3 heterocycles. The lowest BCUT2D eigenvalue weighted by molar-refractivity contribution is -0.128. The molecule has 1 aliphatic heterocycles. The van der Waals surface area contributed by atoms with Gasteiger partial charge in [0, 0.05) is 24.6 Å². The summed E-state index contributed by atoms with van der Waals surface area (Å²) in [7, 11) is 0. The second-order valence-electron chi connectivity index (χ2n) is 7.25. The molecular weight excluding hydrogens is 344 g/mol. The minimum absolute atomic E-state index is 0.0304. The van der Waals surface area contributed by atoms with Gasteiger partial charge in [-0.25, -0.2) is 4.98 Å². The highest BCUT2D eigenvalue weighted by Crippen LogP contribution is 2.24. The minimum Gasteiger partial charge on any atom is -0.467 e. The number of aromatic nitrogens is 2. The van der Waals surface area contributed by atoms with Crippen LogP contribution in [0.4, 0.5) is 5.69 Å². The lowest BCUT2D eigenvalue weighted by Gasteiger charge is -2.15. The lowest BCUT2D eigenvalue weighted by Crippen LogP contribution is -2.27. The Morgan fingerprint density at radius 2 is 2.26 bits per heavy atom. The number of rotatable bonds is 5. The average Bonchev–Trinajstić information content (AvgIpc) is 3.35. The summed E-state index contributed by atoms with van der Waals surface area (Å²) in [5, 5.41) is 2.93. The first-order valence-electron chi connectivity index (χ1n) is 9.10. The fourth-order valence-electron chi connectivity index (χ4n) is 3.32. The molecule has 1 saturated heterocycles. The van der Waals surface area contributed by atoms with E-state index < -0.39 is 0 Å². The highest BCUT2D eigenvalue weighted by molar-refractivity contribution is 5.98. The van der Waals surface area contributed by atoms with Crippen molar-refractivity contribution in [3.8, 4) is 0 Å². The largest absolute Gasteiger partial charge is 0.467 e. The van der Waals surface area contributed by atoms with E-state index in [0.29, 0.717) is 24.7 Å². The van der Waals surface area contributed by atoms with Crippen molar-refractivity contribution in [3.63, 3.8) is 0 Å². The Hall–Kier alpha value is -3.09. The predicted octanol–water partition coefficient (Wildman–Crippen LogP) is 3.27. The molecule has 140 valence electrons. The fourth-order valence-corrected chi connectivity index (χ4v) is 3.32. The van der Waals surface area contributed by atoms with Gasteiger partial charge < -0.3 is 19.6 Å². The molecule has 1 atom stereocenters. The zero-order chi connectivity index (χ0) is 19.0. The Kier molecular flexibility index (Phi) is 4.43. The van der Waals surface area contributed by atoms with Crippen molar-refractivity contribution < 1.29 is 14.0 Å². The van der Waals surface area contributed by atoms with Crippen molar-refractivity contribution in [1.82, 2.24) is 14.9 Å². The Balaban J connectivity index is 1.43. The van der Waals surface area contributed by atoms with Gasteiger partial charge in [0.15, 0.2) is 0 Å². The highest BCUT2D eigenvalue weighted by Gasteiger charge is 2.34.